The molecule has 1 aliphatic heterocycles. The van der Waals surface area contributed by atoms with Gasteiger partial charge in [0.2, 0.25) is 0 Å². The molecule has 6 heteroatoms. The van der Waals surface area contributed by atoms with Crippen molar-refractivity contribution in [1.29, 1.82) is 0 Å². The van der Waals surface area contributed by atoms with Gasteiger partial charge in [0.15, 0.2) is 0 Å². The second-order valence-corrected chi connectivity index (χ2v) is 5.94. The topological polar surface area (TPSA) is 63.2 Å². The second-order valence-electron chi connectivity index (χ2n) is 5.94. The van der Waals surface area contributed by atoms with E-state index in [2.05, 4.69) is 39.0 Å². The lowest BCUT2D eigenvalue weighted by molar-refractivity contribution is -0.0264. The van der Waals surface area contributed by atoms with Gasteiger partial charge in [0.1, 0.15) is 11.6 Å². The Kier molecular flexibility index (Phi) is 5.15. The third-order valence-electron chi connectivity index (χ3n) is 4.00. The van der Waals surface area contributed by atoms with E-state index in [9.17, 15) is 0 Å². The van der Waals surface area contributed by atoms with Crippen molar-refractivity contribution < 1.29 is 4.74 Å². The zero-order valence-corrected chi connectivity index (χ0v) is 13.6. The van der Waals surface area contributed by atoms with Gasteiger partial charge in [-0.1, -0.05) is 6.07 Å². The van der Waals surface area contributed by atoms with Crippen molar-refractivity contribution in [2.24, 2.45) is 0 Å². The van der Waals surface area contributed by atoms with Crippen LogP contribution in [0.3, 0.4) is 0 Å². The van der Waals surface area contributed by atoms with E-state index in [0.29, 0.717) is 19.2 Å². The van der Waals surface area contributed by atoms with Crippen molar-refractivity contribution in [3.63, 3.8) is 0 Å². The Bertz CT molecular complexity index is 619. The molecule has 0 radical (unpaired) electrons. The maximum absolute atomic E-state index is 5.64. The van der Waals surface area contributed by atoms with Gasteiger partial charge in [-0.2, -0.15) is 0 Å². The number of hydrogen-bond donors (Lipinski definition) is 1. The van der Waals surface area contributed by atoms with Gasteiger partial charge in [-0.05, 0) is 31.5 Å². The number of anilines is 1. The molecule has 23 heavy (non-hydrogen) atoms. The molecule has 122 valence electrons. The van der Waals surface area contributed by atoms with Crippen LogP contribution in [0.25, 0.3) is 0 Å². The lowest BCUT2D eigenvalue weighted by Gasteiger charge is -2.37. The predicted molar refractivity (Wildman–Crippen MR) is 89.0 cm³/mol. The molecule has 0 aromatic carbocycles. The van der Waals surface area contributed by atoms with Crippen LogP contribution < -0.4 is 5.32 Å². The van der Waals surface area contributed by atoms with Crippen molar-refractivity contribution in [3.05, 3.63) is 48.2 Å². The lowest BCUT2D eigenvalue weighted by Crippen LogP contribution is -2.44. The maximum atomic E-state index is 5.64. The highest BCUT2D eigenvalue weighted by Crippen LogP contribution is 2.24. The first-order valence-corrected chi connectivity index (χ1v) is 8.03. The van der Waals surface area contributed by atoms with Crippen LogP contribution in [0.15, 0.2) is 36.8 Å². The van der Waals surface area contributed by atoms with E-state index in [4.69, 9.17) is 4.74 Å². The average molecular weight is 313 g/mol. The first-order valence-electron chi connectivity index (χ1n) is 8.03. The van der Waals surface area contributed by atoms with E-state index in [1.165, 1.54) is 0 Å². The molecular formula is C17H23N5O. The molecule has 0 spiro atoms. The second kappa shape index (κ2) is 7.48. The number of nitrogens with zero attached hydrogens (tertiary/aromatic N) is 4. The summed E-state index contributed by atoms with van der Waals surface area (Å²) in [5, 5.41) is 3.33. The van der Waals surface area contributed by atoms with Crippen LogP contribution in [0.4, 0.5) is 5.82 Å². The zero-order valence-electron chi connectivity index (χ0n) is 13.6. The molecule has 1 fully saturated rings. The van der Waals surface area contributed by atoms with E-state index >= 15 is 0 Å². The zero-order chi connectivity index (χ0) is 16.1. The summed E-state index contributed by atoms with van der Waals surface area (Å²) < 4.78 is 5.64. The minimum absolute atomic E-state index is 0.115. The molecule has 1 saturated heterocycles. The molecule has 3 rings (SSSR count). The Morgan fingerprint density at radius 1 is 1.35 bits per heavy atom. The minimum atomic E-state index is 0.115. The number of morpholine rings is 1. The number of hydrogen-bond acceptors (Lipinski definition) is 6. The highest BCUT2D eigenvalue weighted by Gasteiger charge is 2.28. The van der Waals surface area contributed by atoms with Crippen LogP contribution >= 0.6 is 0 Å². The molecule has 0 unspecified atom stereocenters. The van der Waals surface area contributed by atoms with E-state index in [0.717, 1.165) is 30.4 Å². The number of aromatic nitrogens is 3. The summed E-state index contributed by atoms with van der Waals surface area (Å²) >= 11 is 0. The summed E-state index contributed by atoms with van der Waals surface area (Å²) in [5.74, 6) is 1.64. The van der Waals surface area contributed by atoms with Gasteiger partial charge in [-0.3, -0.25) is 9.88 Å². The van der Waals surface area contributed by atoms with E-state index < -0.39 is 0 Å². The van der Waals surface area contributed by atoms with E-state index in [1.54, 1.807) is 12.4 Å². The highest BCUT2D eigenvalue weighted by atomic mass is 16.5. The summed E-state index contributed by atoms with van der Waals surface area (Å²) in [5.41, 5.74) is 1.12. The van der Waals surface area contributed by atoms with Crippen LogP contribution in [0.1, 0.15) is 31.3 Å². The molecule has 3 heterocycles. The third kappa shape index (κ3) is 4.03. The smallest absolute Gasteiger partial charge is 0.150 e. The van der Waals surface area contributed by atoms with Gasteiger partial charge in [-0.25, -0.2) is 9.97 Å². The fraction of sp³-hybridized carbons (Fsp3) is 0.471. The molecule has 6 nitrogen and oxygen atoms in total. The highest BCUT2D eigenvalue weighted by molar-refractivity contribution is 5.34. The molecule has 0 aliphatic carbocycles. The summed E-state index contributed by atoms with van der Waals surface area (Å²) in [4.78, 5) is 15.7. The number of ether oxygens (including phenoxy) is 1. The normalized spacial score (nSPS) is 19.0. The maximum Gasteiger partial charge on any atom is 0.150 e. The standard InChI is InChI=1S/C17H23N5O/c1-13(2)22-8-9-23-12-15(22)17-19-7-5-16(21-17)20-11-14-4-3-6-18-10-14/h3-7,10,13,15H,8-9,11-12H2,1-2H3,(H,19,20,21)/t15-/m1/s1. The molecule has 0 bridgehead atoms. The Balaban J connectivity index is 1.71. The molecule has 0 amide bonds. The Morgan fingerprint density at radius 2 is 2.26 bits per heavy atom. The minimum Gasteiger partial charge on any atom is -0.378 e. The quantitative estimate of drug-likeness (QED) is 0.913. The number of pyridine rings is 1. The van der Waals surface area contributed by atoms with E-state index in [1.807, 2.05) is 24.4 Å². The van der Waals surface area contributed by atoms with Gasteiger partial charge in [-0.15, -0.1) is 0 Å². The predicted octanol–water partition coefficient (Wildman–Crippen LogP) is 2.27. The van der Waals surface area contributed by atoms with Gasteiger partial charge in [0.05, 0.1) is 19.3 Å². The number of nitrogens with one attached hydrogen (secondary N) is 1. The first kappa shape index (κ1) is 15.8. The SMILES string of the molecule is CC(C)N1CCOC[C@@H]1c1nccc(NCc2cccnc2)n1. The van der Waals surface area contributed by atoms with Gasteiger partial charge in [0.25, 0.3) is 0 Å². The van der Waals surface area contributed by atoms with Gasteiger partial charge in [0, 0.05) is 37.7 Å². The molecule has 1 N–H and O–H groups in total. The molecule has 2 aromatic rings. The van der Waals surface area contributed by atoms with Crippen molar-refractivity contribution in [1.82, 2.24) is 19.9 Å². The molecular weight excluding hydrogens is 290 g/mol. The largest absolute Gasteiger partial charge is 0.378 e. The van der Waals surface area contributed by atoms with Crippen molar-refractivity contribution >= 4 is 5.82 Å². The van der Waals surface area contributed by atoms with Crippen LogP contribution in [0, 0.1) is 0 Å². The van der Waals surface area contributed by atoms with Crippen LogP contribution in [0.5, 0.6) is 0 Å². The molecule has 1 atom stereocenters. The summed E-state index contributed by atoms with van der Waals surface area (Å²) in [7, 11) is 0. The van der Waals surface area contributed by atoms with Gasteiger partial charge >= 0.3 is 0 Å². The van der Waals surface area contributed by atoms with E-state index in [-0.39, 0.29) is 6.04 Å². The monoisotopic (exact) mass is 313 g/mol. The molecule has 1 aliphatic rings. The fourth-order valence-electron chi connectivity index (χ4n) is 2.79. The van der Waals surface area contributed by atoms with Crippen molar-refractivity contribution in [3.8, 4) is 0 Å². The Morgan fingerprint density at radius 3 is 3.04 bits per heavy atom. The summed E-state index contributed by atoms with van der Waals surface area (Å²) in [6, 6.07) is 6.42. The fourth-order valence-corrected chi connectivity index (χ4v) is 2.79. The van der Waals surface area contributed by atoms with Crippen LogP contribution in [-0.2, 0) is 11.3 Å². The van der Waals surface area contributed by atoms with Gasteiger partial charge < -0.3 is 10.1 Å². The average Bonchev–Trinajstić information content (AvgIpc) is 2.61. The first-order chi connectivity index (χ1) is 11.2. The van der Waals surface area contributed by atoms with Crippen LogP contribution in [0.2, 0.25) is 0 Å². The Labute approximate surface area is 136 Å². The summed E-state index contributed by atoms with van der Waals surface area (Å²) in [6.07, 6.45) is 5.43. The van der Waals surface area contributed by atoms with Crippen LogP contribution in [-0.4, -0.2) is 45.7 Å². The van der Waals surface area contributed by atoms with Crippen molar-refractivity contribution in [2.45, 2.75) is 32.5 Å². The summed E-state index contributed by atoms with van der Waals surface area (Å²) in [6.45, 7) is 7.42. The molecule has 2 aromatic heterocycles. The molecule has 0 saturated carbocycles. The number of rotatable bonds is 5. The van der Waals surface area contributed by atoms with Crippen molar-refractivity contribution in [2.75, 3.05) is 25.1 Å². The third-order valence-corrected chi connectivity index (χ3v) is 4.00. The lowest BCUT2D eigenvalue weighted by atomic mass is 10.1. The Hall–Kier alpha value is -2.05.